The van der Waals surface area contributed by atoms with Crippen LogP contribution in [0, 0.1) is 0 Å². The second-order valence-corrected chi connectivity index (χ2v) is 4.99. The molecule has 1 aliphatic heterocycles. The minimum atomic E-state index is -4.47. The van der Waals surface area contributed by atoms with Gasteiger partial charge in [0.15, 0.2) is 0 Å². The van der Waals surface area contributed by atoms with Crippen molar-refractivity contribution in [3.05, 3.63) is 22.7 Å². The summed E-state index contributed by atoms with van der Waals surface area (Å²) in [6.45, 7) is 0. The minimum absolute atomic E-state index is 0.0158. The topological polar surface area (TPSA) is 29.1 Å². The van der Waals surface area contributed by atoms with Gasteiger partial charge in [0.2, 0.25) is 5.91 Å². The van der Waals surface area contributed by atoms with Gasteiger partial charge in [0.25, 0.3) is 0 Å². The molecule has 0 saturated heterocycles. The number of fused-ring (bicyclic) bond motifs is 1. The fraction of sp³-hybridized carbons (Fsp3) is 0.300. The third-order valence-corrected chi connectivity index (χ3v) is 3.77. The third-order valence-electron chi connectivity index (χ3n) is 2.22. The van der Waals surface area contributed by atoms with Crippen LogP contribution in [0.15, 0.2) is 17.0 Å². The quantitative estimate of drug-likeness (QED) is 0.784. The Hall–Kier alpha value is -0.880. The van der Waals surface area contributed by atoms with Crippen LogP contribution in [-0.2, 0) is 11.0 Å². The molecule has 0 aromatic heterocycles. The maximum atomic E-state index is 12.6. The normalized spacial score (nSPS) is 16.1. The van der Waals surface area contributed by atoms with Gasteiger partial charge in [-0.15, -0.1) is 11.8 Å². The number of rotatable bonds is 0. The van der Waals surface area contributed by atoms with Crippen LogP contribution in [0.2, 0.25) is 5.02 Å². The number of carbonyl (C=O) groups is 1. The number of hydrogen-bond acceptors (Lipinski definition) is 2. The molecule has 0 unspecified atom stereocenters. The highest BCUT2D eigenvalue weighted by molar-refractivity contribution is 7.99. The lowest BCUT2D eigenvalue weighted by Crippen LogP contribution is -2.12. The maximum absolute atomic E-state index is 12.6. The van der Waals surface area contributed by atoms with Crippen LogP contribution < -0.4 is 5.32 Å². The van der Waals surface area contributed by atoms with Gasteiger partial charge in [-0.25, -0.2) is 0 Å². The molecule has 0 radical (unpaired) electrons. The van der Waals surface area contributed by atoms with Crippen molar-refractivity contribution >= 4 is 35.0 Å². The summed E-state index contributed by atoms with van der Waals surface area (Å²) in [4.78, 5) is 11.8. The predicted octanol–water partition coefficient (Wildman–Crippen LogP) is 3.79. The Bertz CT molecular complexity index is 475. The fourth-order valence-electron chi connectivity index (χ4n) is 1.46. The highest BCUT2D eigenvalue weighted by Crippen LogP contribution is 2.41. The molecule has 2 nitrogen and oxygen atoms in total. The van der Waals surface area contributed by atoms with E-state index in [2.05, 4.69) is 5.32 Å². The Labute approximate surface area is 105 Å². The first-order valence-corrected chi connectivity index (χ1v) is 6.07. The third kappa shape index (κ3) is 2.69. The average molecular weight is 282 g/mol. The molecule has 0 aliphatic carbocycles. The number of benzene rings is 1. The van der Waals surface area contributed by atoms with Crippen LogP contribution in [0.3, 0.4) is 0 Å². The SMILES string of the molecule is O=C1CCSc2c(Cl)cc(C(F)(F)F)cc2N1. The van der Waals surface area contributed by atoms with Crippen molar-refractivity contribution in [2.24, 2.45) is 0 Å². The summed E-state index contributed by atoms with van der Waals surface area (Å²) in [7, 11) is 0. The van der Waals surface area contributed by atoms with Crippen LogP contribution >= 0.6 is 23.4 Å². The number of anilines is 1. The lowest BCUT2D eigenvalue weighted by atomic mass is 10.2. The van der Waals surface area contributed by atoms with E-state index in [0.717, 1.165) is 12.1 Å². The maximum Gasteiger partial charge on any atom is 0.416 e. The first-order chi connectivity index (χ1) is 7.88. The fourth-order valence-corrected chi connectivity index (χ4v) is 2.79. The van der Waals surface area contributed by atoms with E-state index < -0.39 is 11.7 Å². The van der Waals surface area contributed by atoms with Gasteiger partial charge in [-0.1, -0.05) is 11.6 Å². The van der Waals surface area contributed by atoms with Gasteiger partial charge in [0, 0.05) is 17.1 Å². The molecule has 7 heteroatoms. The van der Waals surface area contributed by atoms with Crippen molar-refractivity contribution in [3.63, 3.8) is 0 Å². The van der Waals surface area contributed by atoms with E-state index >= 15 is 0 Å². The molecule has 0 spiro atoms. The standard InChI is InChI=1S/C10H7ClF3NOS/c11-6-3-5(10(12,13)14)4-7-9(6)17-2-1-8(16)15-7/h3-4H,1-2H2,(H,15,16). The molecule has 1 heterocycles. The van der Waals surface area contributed by atoms with Gasteiger partial charge in [-0.2, -0.15) is 13.2 Å². The van der Waals surface area contributed by atoms with Gasteiger partial charge in [0.1, 0.15) is 0 Å². The number of nitrogens with one attached hydrogen (secondary N) is 1. The molecule has 2 rings (SSSR count). The molecule has 1 amide bonds. The molecule has 92 valence electrons. The largest absolute Gasteiger partial charge is 0.416 e. The van der Waals surface area contributed by atoms with Gasteiger partial charge in [0.05, 0.1) is 16.3 Å². The summed E-state index contributed by atoms with van der Waals surface area (Å²) >= 11 is 7.08. The number of thioether (sulfide) groups is 1. The second kappa shape index (κ2) is 4.42. The zero-order valence-corrected chi connectivity index (χ0v) is 9.97. The van der Waals surface area contributed by atoms with Crippen molar-refractivity contribution in [2.75, 3.05) is 11.1 Å². The Morgan fingerprint density at radius 2 is 2.06 bits per heavy atom. The lowest BCUT2D eigenvalue weighted by molar-refractivity contribution is -0.137. The molecular formula is C10H7ClF3NOS. The van der Waals surface area contributed by atoms with Crippen LogP contribution in [0.1, 0.15) is 12.0 Å². The Morgan fingerprint density at radius 3 is 2.71 bits per heavy atom. The van der Waals surface area contributed by atoms with Gasteiger partial charge >= 0.3 is 6.18 Å². The molecule has 0 fully saturated rings. The summed E-state index contributed by atoms with van der Waals surface area (Å²) < 4.78 is 37.7. The smallest absolute Gasteiger partial charge is 0.325 e. The highest BCUT2D eigenvalue weighted by atomic mass is 35.5. The van der Waals surface area contributed by atoms with E-state index in [4.69, 9.17) is 11.6 Å². The van der Waals surface area contributed by atoms with E-state index in [-0.39, 0.29) is 23.0 Å². The first-order valence-electron chi connectivity index (χ1n) is 4.71. The Balaban J connectivity index is 2.52. The molecule has 0 atom stereocenters. The molecule has 1 aromatic rings. The molecule has 0 saturated carbocycles. The van der Waals surface area contributed by atoms with E-state index in [1.54, 1.807) is 0 Å². The van der Waals surface area contributed by atoms with E-state index in [1.807, 2.05) is 0 Å². The van der Waals surface area contributed by atoms with Gasteiger partial charge in [-0.3, -0.25) is 4.79 Å². The number of hydrogen-bond donors (Lipinski definition) is 1. The van der Waals surface area contributed by atoms with Gasteiger partial charge < -0.3 is 5.32 Å². The minimum Gasteiger partial charge on any atom is -0.325 e. The number of halogens is 4. The summed E-state index contributed by atoms with van der Waals surface area (Å²) in [6.07, 6.45) is -4.21. The summed E-state index contributed by atoms with van der Waals surface area (Å²) in [6, 6.07) is 1.79. The number of amides is 1. The Morgan fingerprint density at radius 1 is 1.35 bits per heavy atom. The molecule has 1 N–H and O–H groups in total. The number of carbonyl (C=O) groups excluding carboxylic acids is 1. The van der Waals surface area contributed by atoms with Crippen molar-refractivity contribution in [3.8, 4) is 0 Å². The number of alkyl halides is 3. The van der Waals surface area contributed by atoms with E-state index in [1.165, 1.54) is 11.8 Å². The Kier molecular flexibility index (Phi) is 3.27. The molecule has 1 aromatic carbocycles. The van der Waals surface area contributed by atoms with Crippen LogP contribution in [0.4, 0.5) is 18.9 Å². The van der Waals surface area contributed by atoms with Crippen molar-refractivity contribution in [2.45, 2.75) is 17.5 Å². The molecular weight excluding hydrogens is 275 g/mol. The van der Waals surface area contributed by atoms with E-state index in [0.29, 0.717) is 10.6 Å². The summed E-state index contributed by atoms with van der Waals surface area (Å²) in [5.74, 6) is 0.204. The molecule has 0 bridgehead atoms. The summed E-state index contributed by atoms with van der Waals surface area (Å²) in [5, 5.41) is 2.45. The molecule has 1 aliphatic rings. The highest BCUT2D eigenvalue weighted by Gasteiger charge is 2.32. The zero-order valence-electron chi connectivity index (χ0n) is 8.40. The second-order valence-electron chi connectivity index (χ2n) is 3.48. The van der Waals surface area contributed by atoms with Crippen LogP contribution in [0.5, 0.6) is 0 Å². The molecule has 17 heavy (non-hydrogen) atoms. The average Bonchev–Trinajstić information content (AvgIpc) is 2.37. The summed E-state index contributed by atoms with van der Waals surface area (Å²) in [5.41, 5.74) is -0.721. The van der Waals surface area contributed by atoms with Crippen molar-refractivity contribution in [1.82, 2.24) is 0 Å². The predicted molar refractivity (Wildman–Crippen MR) is 60.4 cm³/mol. The van der Waals surface area contributed by atoms with E-state index in [9.17, 15) is 18.0 Å². The lowest BCUT2D eigenvalue weighted by Gasteiger charge is -2.13. The van der Waals surface area contributed by atoms with Crippen LogP contribution in [-0.4, -0.2) is 11.7 Å². The van der Waals surface area contributed by atoms with Crippen molar-refractivity contribution < 1.29 is 18.0 Å². The first kappa shape index (κ1) is 12.6. The van der Waals surface area contributed by atoms with Gasteiger partial charge in [-0.05, 0) is 12.1 Å². The van der Waals surface area contributed by atoms with Crippen molar-refractivity contribution in [1.29, 1.82) is 0 Å². The monoisotopic (exact) mass is 281 g/mol. The zero-order chi connectivity index (χ0) is 12.6. The van der Waals surface area contributed by atoms with Crippen LogP contribution in [0.25, 0.3) is 0 Å².